The number of rotatable bonds is 4. The zero-order valence-corrected chi connectivity index (χ0v) is 13.0. The second-order valence-electron chi connectivity index (χ2n) is 4.42. The molecule has 0 aliphatic heterocycles. The summed E-state index contributed by atoms with van der Waals surface area (Å²) >= 11 is 18.3. The molecule has 1 unspecified atom stereocenters. The molecular formula is C15H13Cl3FN. The molecule has 0 aliphatic rings. The summed E-state index contributed by atoms with van der Waals surface area (Å²) in [6.45, 7) is 0. The van der Waals surface area contributed by atoms with Crippen LogP contribution in [0.15, 0.2) is 36.4 Å². The summed E-state index contributed by atoms with van der Waals surface area (Å²) in [4.78, 5) is 0. The summed E-state index contributed by atoms with van der Waals surface area (Å²) in [5.74, 6) is -0.352. The van der Waals surface area contributed by atoms with Gasteiger partial charge in [0.1, 0.15) is 5.82 Å². The minimum Gasteiger partial charge on any atom is -0.313 e. The summed E-state index contributed by atoms with van der Waals surface area (Å²) < 4.78 is 13.1. The lowest BCUT2D eigenvalue weighted by molar-refractivity contribution is 0.586. The molecule has 1 atom stereocenters. The fourth-order valence-electron chi connectivity index (χ4n) is 2.08. The fourth-order valence-corrected chi connectivity index (χ4v) is 2.77. The van der Waals surface area contributed by atoms with Crippen LogP contribution in [0.3, 0.4) is 0 Å². The lowest BCUT2D eigenvalue weighted by atomic mass is 9.99. The summed E-state index contributed by atoms with van der Waals surface area (Å²) in [5, 5.41) is 4.61. The predicted octanol–water partition coefficient (Wildman–Crippen LogP) is 5.29. The molecule has 1 nitrogen and oxygen atoms in total. The van der Waals surface area contributed by atoms with E-state index in [0.717, 1.165) is 11.1 Å². The number of halogens is 4. The lowest BCUT2D eigenvalue weighted by Crippen LogP contribution is -2.19. The monoisotopic (exact) mass is 331 g/mol. The van der Waals surface area contributed by atoms with Crippen LogP contribution >= 0.6 is 34.8 Å². The molecule has 0 saturated heterocycles. The van der Waals surface area contributed by atoms with Crippen LogP contribution in [-0.4, -0.2) is 7.05 Å². The average Bonchev–Trinajstić information content (AvgIpc) is 2.41. The topological polar surface area (TPSA) is 12.0 Å². The first-order chi connectivity index (χ1) is 9.52. The van der Waals surface area contributed by atoms with Crippen molar-refractivity contribution in [2.75, 3.05) is 7.05 Å². The molecule has 1 N–H and O–H groups in total. The van der Waals surface area contributed by atoms with Gasteiger partial charge in [0.15, 0.2) is 0 Å². The molecule has 2 aromatic carbocycles. The van der Waals surface area contributed by atoms with Crippen LogP contribution in [0.25, 0.3) is 0 Å². The van der Waals surface area contributed by atoms with E-state index in [1.165, 1.54) is 12.1 Å². The van der Waals surface area contributed by atoms with E-state index in [0.29, 0.717) is 21.5 Å². The Morgan fingerprint density at radius 3 is 2.50 bits per heavy atom. The Morgan fingerprint density at radius 2 is 1.85 bits per heavy atom. The van der Waals surface area contributed by atoms with E-state index in [1.54, 1.807) is 12.1 Å². The van der Waals surface area contributed by atoms with Gasteiger partial charge in [0.05, 0.1) is 10.0 Å². The summed E-state index contributed by atoms with van der Waals surface area (Å²) in [6, 6.07) is 9.81. The fraction of sp³-hybridized carbons (Fsp3) is 0.200. The predicted molar refractivity (Wildman–Crippen MR) is 83.4 cm³/mol. The maximum Gasteiger partial charge on any atom is 0.124 e. The number of hydrogen-bond acceptors (Lipinski definition) is 1. The molecule has 0 heterocycles. The molecule has 5 heteroatoms. The zero-order valence-electron chi connectivity index (χ0n) is 10.8. The second kappa shape index (κ2) is 6.77. The van der Waals surface area contributed by atoms with Crippen molar-refractivity contribution in [2.24, 2.45) is 0 Å². The molecule has 0 saturated carbocycles. The third-order valence-corrected chi connectivity index (χ3v) is 4.33. The summed E-state index contributed by atoms with van der Waals surface area (Å²) in [5.41, 5.74) is 1.74. The van der Waals surface area contributed by atoms with Gasteiger partial charge in [0, 0.05) is 11.1 Å². The highest BCUT2D eigenvalue weighted by Gasteiger charge is 2.16. The van der Waals surface area contributed by atoms with Crippen molar-refractivity contribution in [3.63, 3.8) is 0 Å². The first kappa shape index (κ1) is 15.6. The van der Waals surface area contributed by atoms with Crippen molar-refractivity contribution < 1.29 is 4.39 Å². The number of nitrogens with one attached hydrogen (secondary N) is 1. The Labute approximate surface area is 132 Å². The molecule has 0 aliphatic carbocycles. The Hall–Kier alpha value is -0.800. The number of benzene rings is 2. The molecule has 0 spiro atoms. The van der Waals surface area contributed by atoms with Crippen LogP contribution in [0.5, 0.6) is 0 Å². The van der Waals surface area contributed by atoms with Crippen LogP contribution in [0, 0.1) is 5.82 Å². The first-order valence-corrected chi connectivity index (χ1v) is 7.21. The maximum atomic E-state index is 13.1. The number of hydrogen-bond donors (Lipinski definition) is 1. The van der Waals surface area contributed by atoms with Gasteiger partial charge in [-0.1, -0.05) is 53.0 Å². The quantitative estimate of drug-likeness (QED) is 0.802. The van der Waals surface area contributed by atoms with Crippen molar-refractivity contribution in [3.05, 3.63) is 68.4 Å². The van der Waals surface area contributed by atoms with E-state index in [1.807, 2.05) is 19.2 Å². The van der Waals surface area contributed by atoms with E-state index < -0.39 is 0 Å². The molecule has 0 aromatic heterocycles. The molecule has 2 rings (SSSR count). The first-order valence-electron chi connectivity index (χ1n) is 6.08. The Bertz CT molecular complexity index is 616. The van der Waals surface area contributed by atoms with Crippen molar-refractivity contribution in [1.29, 1.82) is 0 Å². The van der Waals surface area contributed by atoms with Crippen LogP contribution in [0.2, 0.25) is 15.1 Å². The Kier molecular flexibility index (Phi) is 5.28. The lowest BCUT2D eigenvalue weighted by Gasteiger charge is -2.19. The Balaban J connectivity index is 2.31. The minimum atomic E-state index is -0.352. The molecular weight excluding hydrogens is 320 g/mol. The molecule has 106 valence electrons. The van der Waals surface area contributed by atoms with Crippen molar-refractivity contribution in [2.45, 2.75) is 12.5 Å². The standard InChI is InChI=1S/C15H13Cl3FN/c1-20-14(11-6-5-10(19)8-13(11)17)7-9-3-2-4-12(16)15(9)18/h2-6,8,14,20H,7H2,1H3. The van der Waals surface area contributed by atoms with Gasteiger partial charge >= 0.3 is 0 Å². The highest BCUT2D eigenvalue weighted by molar-refractivity contribution is 6.42. The zero-order chi connectivity index (χ0) is 14.7. The van der Waals surface area contributed by atoms with Crippen LogP contribution < -0.4 is 5.32 Å². The molecule has 20 heavy (non-hydrogen) atoms. The normalized spacial score (nSPS) is 12.4. The van der Waals surface area contributed by atoms with Crippen LogP contribution in [0.1, 0.15) is 17.2 Å². The minimum absolute atomic E-state index is 0.0703. The number of likely N-dealkylation sites (N-methyl/N-ethyl adjacent to an activating group) is 1. The van der Waals surface area contributed by atoms with Gasteiger partial charge in [0.25, 0.3) is 0 Å². The second-order valence-corrected chi connectivity index (χ2v) is 5.62. The van der Waals surface area contributed by atoms with Gasteiger partial charge in [-0.05, 0) is 42.8 Å². The van der Waals surface area contributed by atoms with Gasteiger partial charge in [0.2, 0.25) is 0 Å². The molecule has 2 aromatic rings. The molecule has 0 radical (unpaired) electrons. The molecule has 0 bridgehead atoms. The van der Waals surface area contributed by atoms with Gasteiger partial charge < -0.3 is 5.32 Å². The van der Waals surface area contributed by atoms with Crippen molar-refractivity contribution in [3.8, 4) is 0 Å². The maximum absolute atomic E-state index is 13.1. The highest BCUT2D eigenvalue weighted by atomic mass is 35.5. The SMILES string of the molecule is CNC(Cc1cccc(Cl)c1Cl)c1ccc(F)cc1Cl. The largest absolute Gasteiger partial charge is 0.313 e. The van der Waals surface area contributed by atoms with Gasteiger partial charge in [-0.2, -0.15) is 0 Å². The van der Waals surface area contributed by atoms with Gasteiger partial charge in [-0.15, -0.1) is 0 Å². The van der Waals surface area contributed by atoms with E-state index in [4.69, 9.17) is 34.8 Å². The average molecular weight is 333 g/mol. The highest BCUT2D eigenvalue weighted by Crippen LogP contribution is 2.31. The van der Waals surface area contributed by atoms with E-state index >= 15 is 0 Å². The molecule has 0 amide bonds. The van der Waals surface area contributed by atoms with Crippen molar-refractivity contribution in [1.82, 2.24) is 5.32 Å². The van der Waals surface area contributed by atoms with Gasteiger partial charge in [-0.3, -0.25) is 0 Å². The van der Waals surface area contributed by atoms with E-state index in [-0.39, 0.29) is 11.9 Å². The van der Waals surface area contributed by atoms with Crippen LogP contribution in [-0.2, 0) is 6.42 Å². The molecule has 0 fully saturated rings. The van der Waals surface area contributed by atoms with E-state index in [9.17, 15) is 4.39 Å². The third kappa shape index (κ3) is 3.44. The van der Waals surface area contributed by atoms with Gasteiger partial charge in [-0.25, -0.2) is 4.39 Å². The summed E-state index contributed by atoms with van der Waals surface area (Å²) in [7, 11) is 1.82. The van der Waals surface area contributed by atoms with Crippen LogP contribution in [0.4, 0.5) is 4.39 Å². The smallest absolute Gasteiger partial charge is 0.124 e. The van der Waals surface area contributed by atoms with E-state index in [2.05, 4.69) is 5.32 Å². The third-order valence-electron chi connectivity index (χ3n) is 3.14. The Morgan fingerprint density at radius 1 is 1.10 bits per heavy atom. The summed E-state index contributed by atoms with van der Waals surface area (Å²) in [6.07, 6.45) is 0.612. The van der Waals surface area contributed by atoms with Crippen molar-refractivity contribution >= 4 is 34.8 Å².